The molecule has 0 aromatic carbocycles. The van der Waals surface area contributed by atoms with E-state index in [1.807, 2.05) is 0 Å². The van der Waals surface area contributed by atoms with Crippen LogP contribution in [0.3, 0.4) is 0 Å². The molecule has 0 spiro atoms. The molecule has 1 aliphatic heterocycles. The summed E-state index contributed by atoms with van der Waals surface area (Å²) in [6.45, 7) is 0.313. The van der Waals surface area contributed by atoms with Crippen molar-refractivity contribution in [3.05, 3.63) is 0 Å². The Hall–Kier alpha value is -2.66. The minimum Gasteiger partial charge on any atom is -0.329 e. The van der Waals surface area contributed by atoms with Crippen molar-refractivity contribution in [2.75, 3.05) is 13.1 Å². The van der Waals surface area contributed by atoms with Crippen LogP contribution in [0.25, 0.3) is 0 Å². The summed E-state index contributed by atoms with van der Waals surface area (Å²) in [4.78, 5) is 58.5. The van der Waals surface area contributed by atoms with Crippen molar-refractivity contribution >= 4 is 29.8 Å². The second-order valence-electron chi connectivity index (χ2n) is 4.79. The smallest absolute Gasteiger partial charge is 0.329 e. The van der Waals surface area contributed by atoms with Gasteiger partial charge in [0.05, 0.1) is 0 Å². The van der Waals surface area contributed by atoms with E-state index in [2.05, 4.69) is 0 Å². The molecule has 1 fully saturated rings. The molecular weight excluding hydrogens is 325 g/mol. The lowest BCUT2D eigenvalue weighted by Crippen LogP contribution is -2.48. The van der Waals surface area contributed by atoms with Crippen LogP contribution in [-0.4, -0.2) is 64.9 Å². The first-order valence-corrected chi connectivity index (χ1v) is 6.27. The first-order valence-electron chi connectivity index (χ1n) is 6.27. The molecule has 1 rings (SSSR count). The van der Waals surface area contributed by atoms with Crippen molar-refractivity contribution in [1.29, 1.82) is 0 Å². The molecular formula is C11H13F3N4O5. The van der Waals surface area contributed by atoms with E-state index >= 15 is 0 Å². The van der Waals surface area contributed by atoms with Gasteiger partial charge in [-0.3, -0.25) is 24.6 Å². The van der Waals surface area contributed by atoms with Crippen molar-refractivity contribution < 1.29 is 37.1 Å². The molecule has 1 heterocycles. The van der Waals surface area contributed by atoms with Crippen LogP contribution in [0, 0.1) is 0 Å². The van der Waals surface area contributed by atoms with Crippen LogP contribution >= 0.6 is 0 Å². The molecule has 7 amide bonds. The van der Waals surface area contributed by atoms with Crippen LogP contribution in [0.4, 0.5) is 22.8 Å². The third-order valence-electron chi connectivity index (χ3n) is 2.60. The summed E-state index contributed by atoms with van der Waals surface area (Å²) in [6.07, 6.45) is -4.66. The first-order chi connectivity index (χ1) is 10.4. The fourth-order valence-electron chi connectivity index (χ4n) is 1.65. The fourth-order valence-corrected chi connectivity index (χ4v) is 1.65. The molecule has 0 atom stereocenters. The number of alkyl halides is 3. The first kappa shape index (κ1) is 18.4. The SMILES string of the molecule is CC(C)N1C(=O)C(=O)N(CC(=O)NC(=O)NCC(F)(F)F)C1=O. The van der Waals surface area contributed by atoms with Gasteiger partial charge in [0, 0.05) is 6.04 Å². The highest BCUT2D eigenvalue weighted by atomic mass is 19.4. The van der Waals surface area contributed by atoms with E-state index < -0.39 is 55.1 Å². The second-order valence-corrected chi connectivity index (χ2v) is 4.79. The lowest BCUT2D eigenvalue weighted by atomic mass is 10.3. The number of imide groups is 3. The van der Waals surface area contributed by atoms with Crippen molar-refractivity contribution in [3.8, 4) is 0 Å². The van der Waals surface area contributed by atoms with Gasteiger partial charge in [-0.05, 0) is 13.8 Å². The van der Waals surface area contributed by atoms with Gasteiger partial charge in [-0.2, -0.15) is 13.2 Å². The van der Waals surface area contributed by atoms with Gasteiger partial charge in [0.15, 0.2) is 0 Å². The molecule has 1 saturated heterocycles. The maximum atomic E-state index is 11.9. The molecule has 0 aliphatic carbocycles. The van der Waals surface area contributed by atoms with Crippen LogP contribution in [-0.2, 0) is 14.4 Å². The summed E-state index contributed by atoms with van der Waals surface area (Å²) >= 11 is 0. The van der Waals surface area contributed by atoms with Gasteiger partial charge in [-0.25, -0.2) is 14.5 Å². The Morgan fingerprint density at radius 1 is 1.13 bits per heavy atom. The van der Waals surface area contributed by atoms with Gasteiger partial charge in [0.2, 0.25) is 5.91 Å². The molecule has 2 N–H and O–H groups in total. The third kappa shape index (κ3) is 4.66. The van der Waals surface area contributed by atoms with Crippen molar-refractivity contribution in [3.63, 3.8) is 0 Å². The number of nitrogens with one attached hydrogen (secondary N) is 2. The highest BCUT2D eigenvalue weighted by Crippen LogP contribution is 2.15. The van der Waals surface area contributed by atoms with E-state index in [4.69, 9.17) is 0 Å². The number of urea groups is 2. The Morgan fingerprint density at radius 2 is 1.70 bits per heavy atom. The summed E-state index contributed by atoms with van der Waals surface area (Å²) in [5, 5.41) is 2.89. The minimum absolute atomic E-state index is 0.300. The van der Waals surface area contributed by atoms with E-state index in [9.17, 15) is 37.1 Å². The van der Waals surface area contributed by atoms with Crippen molar-refractivity contribution in [2.24, 2.45) is 0 Å². The van der Waals surface area contributed by atoms with E-state index in [0.717, 1.165) is 0 Å². The molecule has 0 aromatic rings. The zero-order valence-electron chi connectivity index (χ0n) is 12.1. The maximum absolute atomic E-state index is 11.9. The molecule has 0 radical (unpaired) electrons. The van der Waals surface area contributed by atoms with Gasteiger partial charge in [-0.1, -0.05) is 0 Å². The van der Waals surface area contributed by atoms with Crippen LogP contribution in [0.1, 0.15) is 13.8 Å². The van der Waals surface area contributed by atoms with E-state index in [1.54, 1.807) is 0 Å². The Balaban J connectivity index is 2.61. The van der Waals surface area contributed by atoms with Crippen LogP contribution < -0.4 is 10.6 Å². The van der Waals surface area contributed by atoms with Gasteiger partial charge in [0.25, 0.3) is 0 Å². The van der Waals surface area contributed by atoms with Gasteiger partial charge >= 0.3 is 30.1 Å². The fraction of sp³-hybridized carbons (Fsp3) is 0.545. The van der Waals surface area contributed by atoms with Crippen molar-refractivity contribution in [1.82, 2.24) is 20.4 Å². The van der Waals surface area contributed by atoms with Gasteiger partial charge in [0.1, 0.15) is 13.1 Å². The Kier molecular flexibility index (Phi) is 5.30. The maximum Gasteiger partial charge on any atom is 0.405 e. The monoisotopic (exact) mass is 338 g/mol. The number of carbonyl (C=O) groups excluding carboxylic acids is 5. The van der Waals surface area contributed by atoms with E-state index in [0.29, 0.717) is 9.80 Å². The normalized spacial score (nSPS) is 15.5. The molecule has 1 aliphatic rings. The summed E-state index contributed by atoms with van der Waals surface area (Å²) in [5.41, 5.74) is 0. The Morgan fingerprint density at radius 3 is 2.13 bits per heavy atom. The van der Waals surface area contributed by atoms with Crippen LogP contribution in [0.15, 0.2) is 0 Å². The Labute approximate surface area is 127 Å². The van der Waals surface area contributed by atoms with Gasteiger partial charge < -0.3 is 5.32 Å². The van der Waals surface area contributed by atoms with Gasteiger partial charge in [-0.15, -0.1) is 0 Å². The largest absolute Gasteiger partial charge is 0.405 e. The topological polar surface area (TPSA) is 116 Å². The molecule has 0 aromatic heterocycles. The summed E-state index contributed by atoms with van der Waals surface area (Å²) in [7, 11) is 0. The zero-order chi connectivity index (χ0) is 17.9. The number of halogens is 3. The molecule has 23 heavy (non-hydrogen) atoms. The Bertz CT molecular complexity index is 560. The van der Waals surface area contributed by atoms with Crippen LogP contribution in [0.2, 0.25) is 0 Å². The molecule has 0 saturated carbocycles. The molecule has 12 heteroatoms. The predicted octanol–water partition coefficient (Wildman–Crippen LogP) is -0.426. The van der Waals surface area contributed by atoms with E-state index in [-0.39, 0.29) is 0 Å². The molecule has 0 unspecified atom stereocenters. The lowest BCUT2D eigenvalue weighted by Gasteiger charge is -2.18. The van der Waals surface area contributed by atoms with Crippen LogP contribution in [0.5, 0.6) is 0 Å². The standard InChI is InChI=1S/C11H13F3N4O5/c1-5(2)18-8(21)7(20)17(10(18)23)3-6(19)16-9(22)15-4-11(12,13)14/h5H,3-4H2,1-2H3,(H2,15,16,19,22). The third-order valence-corrected chi connectivity index (χ3v) is 2.60. The molecule has 128 valence electrons. The number of hydrogen-bond donors (Lipinski definition) is 2. The molecule has 0 bridgehead atoms. The number of carbonyl (C=O) groups is 5. The lowest BCUT2D eigenvalue weighted by molar-refractivity contribution is -0.144. The highest BCUT2D eigenvalue weighted by Gasteiger charge is 2.46. The van der Waals surface area contributed by atoms with Crippen molar-refractivity contribution in [2.45, 2.75) is 26.1 Å². The summed E-state index contributed by atoms with van der Waals surface area (Å²) in [6, 6.07) is -3.11. The highest BCUT2D eigenvalue weighted by molar-refractivity contribution is 6.45. The number of amides is 7. The average molecular weight is 338 g/mol. The van der Waals surface area contributed by atoms with E-state index in [1.165, 1.54) is 24.5 Å². The zero-order valence-corrected chi connectivity index (χ0v) is 12.1. The summed E-state index contributed by atoms with van der Waals surface area (Å²) < 4.78 is 35.6. The number of hydrogen-bond acceptors (Lipinski definition) is 5. The average Bonchev–Trinajstić information content (AvgIpc) is 2.59. The quantitative estimate of drug-likeness (QED) is 0.533. The number of nitrogens with zero attached hydrogens (tertiary/aromatic N) is 2. The second kappa shape index (κ2) is 6.62. The summed E-state index contributed by atoms with van der Waals surface area (Å²) in [5.74, 6) is -3.60. The number of rotatable bonds is 4. The predicted molar refractivity (Wildman–Crippen MR) is 66.7 cm³/mol. The minimum atomic E-state index is -4.66. The molecule has 9 nitrogen and oxygen atoms in total.